The minimum absolute atomic E-state index is 0. The fourth-order valence-corrected chi connectivity index (χ4v) is 4.52. The Labute approximate surface area is 224 Å². The molecule has 188 valence electrons. The molecular formula is C26H28BrClN6O2. The molecule has 0 atom stereocenters. The predicted molar refractivity (Wildman–Crippen MR) is 150 cm³/mol. The summed E-state index contributed by atoms with van der Waals surface area (Å²) in [5, 5.41) is 7.17. The molecule has 1 aliphatic heterocycles. The van der Waals surface area contributed by atoms with Gasteiger partial charge in [0.25, 0.3) is 5.56 Å². The number of benzene rings is 2. The summed E-state index contributed by atoms with van der Waals surface area (Å²) in [7, 11) is 2.13. The molecule has 0 saturated carbocycles. The number of aromatic nitrogens is 3. The van der Waals surface area contributed by atoms with Crippen LogP contribution in [0.2, 0.25) is 0 Å². The lowest BCUT2D eigenvalue weighted by Gasteiger charge is -2.29. The molecule has 0 amide bonds. The molecule has 0 spiro atoms. The van der Waals surface area contributed by atoms with Crippen molar-refractivity contribution >= 4 is 56.7 Å². The molecule has 3 heterocycles. The van der Waals surface area contributed by atoms with Gasteiger partial charge in [-0.3, -0.25) is 4.79 Å². The summed E-state index contributed by atoms with van der Waals surface area (Å²) < 4.78 is 6.59. The molecule has 0 bridgehead atoms. The zero-order valence-corrected chi connectivity index (χ0v) is 22.2. The largest absolute Gasteiger partial charge is 0.489 e. The highest BCUT2D eigenvalue weighted by Crippen LogP contribution is 2.28. The molecule has 36 heavy (non-hydrogen) atoms. The Kier molecular flexibility index (Phi) is 8.45. The number of piperidine rings is 1. The summed E-state index contributed by atoms with van der Waals surface area (Å²) in [6.45, 7) is 2.55. The SMILES string of the molecule is CN1CCC(Nc2nc(Nc3ccc(OCc4ccccc4)cc3)c3c(=O)[nH]cc(Br)c3n2)CC1.Cl. The lowest BCUT2D eigenvalue weighted by molar-refractivity contribution is 0.263. The second-order valence-electron chi connectivity index (χ2n) is 8.73. The number of ether oxygens (including phenoxy) is 1. The molecule has 1 fully saturated rings. The van der Waals surface area contributed by atoms with Crippen molar-refractivity contribution in [2.45, 2.75) is 25.5 Å². The maximum absolute atomic E-state index is 12.7. The van der Waals surface area contributed by atoms with Gasteiger partial charge in [-0.2, -0.15) is 4.98 Å². The van der Waals surface area contributed by atoms with Crippen molar-refractivity contribution in [1.82, 2.24) is 19.9 Å². The minimum atomic E-state index is -0.251. The fourth-order valence-electron chi connectivity index (χ4n) is 4.12. The number of fused-ring (bicyclic) bond motifs is 1. The van der Waals surface area contributed by atoms with E-state index < -0.39 is 0 Å². The van der Waals surface area contributed by atoms with E-state index in [0.29, 0.717) is 39.8 Å². The zero-order valence-electron chi connectivity index (χ0n) is 19.8. The van der Waals surface area contributed by atoms with Gasteiger partial charge in [-0.25, -0.2) is 4.98 Å². The summed E-state index contributed by atoms with van der Waals surface area (Å²) in [6.07, 6.45) is 3.64. The van der Waals surface area contributed by atoms with E-state index in [4.69, 9.17) is 9.72 Å². The number of H-pyrrole nitrogens is 1. The number of nitrogens with zero attached hydrogens (tertiary/aromatic N) is 3. The standard InChI is InChI=1S/C26H27BrN6O2.ClH/c1-33-13-11-19(12-14-33)30-26-31-23-21(27)15-28-25(34)22(23)24(32-26)29-18-7-9-20(10-8-18)35-16-17-5-3-2-4-6-17;/h2-10,15,19H,11-14,16H2,1H3,(H,28,34)(H2,29,30,31,32);1H. The van der Waals surface area contributed by atoms with Crippen LogP contribution in [0.3, 0.4) is 0 Å². The zero-order chi connectivity index (χ0) is 24.2. The van der Waals surface area contributed by atoms with Crippen LogP contribution >= 0.6 is 28.3 Å². The van der Waals surface area contributed by atoms with Crippen molar-refractivity contribution in [3.05, 3.63) is 81.2 Å². The Morgan fingerprint density at radius 3 is 2.53 bits per heavy atom. The van der Waals surface area contributed by atoms with E-state index in [9.17, 15) is 4.79 Å². The number of likely N-dealkylation sites (tertiary alicyclic amines) is 1. The highest BCUT2D eigenvalue weighted by Gasteiger charge is 2.20. The molecule has 2 aromatic carbocycles. The Morgan fingerprint density at radius 1 is 1.08 bits per heavy atom. The third-order valence-electron chi connectivity index (χ3n) is 6.11. The van der Waals surface area contributed by atoms with Crippen LogP contribution in [0.5, 0.6) is 5.75 Å². The lowest BCUT2D eigenvalue weighted by Crippen LogP contribution is -2.37. The Bertz CT molecular complexity index is 1360. The van der Waals surface area contributed by atoms with Gasteiger partial charge >= 0.3 is 0 Å². The Balaban J connectivity index is 0.00000304. The van der Waals surface area contributed by atoms with Gasteiger partial charge in [0.1, 0.15) is 23.6 Å². The number of anilines is 3. The van der Waals surface area contributed by atoms with E-state index in [1.165, 1.54) is 0 Å². The van der Waals surface area contributed by atoms with Crippen LogP contribution in [-0.2, 0) is 6.61 Å². The van der Waals surface area contributed by atoms with Gasteiger partial charge in [0.05, 0.1) is 9.99 Å². The molecule has 5 rings (SSSR count). The summed E-state index contributed by atoms with van der Waals surface area (Å²) >= 11 is 3.52. The van der Waals surface area contributed by atoms with Crippen LogP contribution in [0.4, 0.5) is 17.5 Å². The van der Waals surface area contributed by atoms with Crippen molar-refractivity contribution in [2.24, 2.45) is 0 Å². The van der Waals surface area contributed by atoms with Gasteiger partial charge in [0, 0.05) is 17.9 Å². The van der Waals surface area contributed by atoms with E-state index in [0.717, 1.165) is 42.9 Å². The molecule has 4 aromatic rings. The van der Waals surface area contributed by atoms with Crippen LogP contribution in [0.1, 0.15) is 18.4 Å². The Hall–Kier alpha value is -3.14. The topological polar surface area (TPSA) is 95.2 Å². The summed E-state index contributed by atoms with van der Waals surface area (Å²) in [5.74, 6) is 1.71. The third-order valence-corrected chi connectivity index (χ3v) is 6.71. The summed E-state index contributed by atoms with van der Waals surface area (Å²) in [5.41, 5.74) is 2.21. The van der Waals surface area contributed by atoms with E-state index >= 15 is 0 Å². The molecule has 0 radical (unpaired) electrons. The van der Waals surface area contributed by atoms with Crippen molar-refractivity contribution in [3.8, 4) is 5.75 Å². The molecule has 2 aromatic heterocycles. The van der Waals surface area contributed by atoms with Crippen molar-refractivity contribution in [1.29, 1.82) is 0 Å². The highest BCUT2D eigenvalue weighted by atomic mass is 79.9. The molecular weight excluding hydrogens is 544 g/mol. The molecule has 8 nitrogen and oxygen atoms in total. The van der Waals surface area contributed by atoms with Gasteiger partial charge in [0.2, 0.25) is 5.95 Å². The first-order chi connectivity index (χ1) is 17.0. The van der Waals surface area contributed by atoms with Gasteiger partial charge < -0.3 is 25.3 Å². The van der Waals surface area contributed by atoms with E-state index in [1.54, 1.807) is 6.20 Å². The molecule has 10 heteroatoms. The van der Waals surface area contributed by atoms with Gasteiger partial charge in [0.15, 0.2) is 0 Å². The second kappa shape index (κ2) is 11.7. The summed E-state index contributed by atoms with van der Waals surface area (Å²) in [4.78, 5) is 27.1. The van der Waals surface area contributed by atoms with Crippen LogP contribution < -0.4 is 20.9 Å². The fraction of sp³-hybridized carbons (Fsp3) is 0.269. The van der Waals surface area contributed by atoms with Crippen LogP contribution in [-0.4, -0.2) is 46.0 Å². The number of rotatable bonds is 7. The number of pyridine rings is 1. The highest BCUT2D eigenvalue weighted by molar-refractivity contribution is 9.10. The summed E-state index contributed by atoms with van der Waals surface area (Å²) in [6, 6.07) is 17.9. The third kappa shape index (κ3) is 6.16. The Morgan fingerprint density at radius 2 is 1.81 bits per heavy atom. The minimum Gasteiger partial charge on any atom is -0.489 e. The first kappa shape index (κ1) is 25.9. The predicted octanol–water partition coefficient (Wildman–Crippen LogP) is 5.33. The van der Waals surface area contributed by atoms with Crippen molar-refractivity contribution in [3.63, 3.8) is 0 Å². The van der Waals surface area contributed by atoms with E-state index in [2.05, 4.69) is 48.5 Å². The molecule has 0 aliphatic carbocycles. The maximum atomic E-state index is 12.7. The van der Waals surface area contributed by atoms with Gasteiger partial charge in [-0.05, 0) is 78.7 Å². The van der Waals surface area contributed by atoms with Crippen LogP contribution in [0.25, 0.3) is 10.9 Å². The maximum Gasteiger partial charge on any atom is 0.261 e. The quantitative estimate of drug-likeness (QED) is 0.276. The number of hydrogen-bond acceptors (Lipinski definition) is 7. The van der Waals surface area contributed by atoms with Crippen molar-refractivity contribution in [2.75, 3.05) is 30.8 Å². The number of nitrogens with one attached hydrogen (secondary N) is 3. The lowest BCUT2D eigenvalue weighted by atomic mass is 10.1. The smallest absolute Gasteiger partial charge is 0.261 e. The van der Waals surface area contributed by atoms with Crippen LogP contribution in [0.15, 0.2) is 70.1 Å². The first-order valence-electron chi connectivity index (χ1n) is 11.6. The molecule has 0 unspecified atom stereocenters. The van der Waals surface area contributed by atoms with Crippen LogP contribution in [0, 0.1) is 0 Å². The average Bonchev–Trinajstić information content (AvgIpc) is 2.88. The molecule has 3 N–H and O–H groups in total. The monoisotopic (exact) mass is 570 g/mol. The average molecular weight is 572 g/mol. The van der Waals surface area contributed by atoms with E-state index in [-0.39, 0.29) is 18.0 Å². The van der Waals surface area contributed by atoms with Crippen molar-refractivity contribution < 1.29 is 4.74 Å². The molecule has 1 saturated heterocycles. The molecule has 1 aliphatic rings. The van der Waals surface area contributed by atoms with Gasteiger partial charge in [-0.1, -0.05) is 30.3 Å². The number of hydrogen-bond donors (Lipinski definition) is 3. The second-order valence-corrected chi connectivity index (χ2v) is 9.59. The van der Waals surface area contributed by atoms with E-state index in [1.807, 2.05) is 54.6 Å². The number of halogens is 2. The first-order valence-corrected chi connectivity index (χ1v) is 12.4. The van der Waals surface area contributed by atoms with Gasteiger partial charge in [-0.15, -0.1) is 12.4 Å². The normalized spacial score (nSPS) is 14.3. The number of aromatic amines is 1.